The van der Waals surface area contributed by atoms with Crippen molar-refractivity contribution in [2.75, 3.05) is 6.61 Å². The number of aliphatic hydroxyl groups is 2. The summed E-state index contributed by atoms with van der Waals surface area (Å²) >= 11 is 0. The first-order valence-corrected chi connectivity index (χ1v) is 12.7. The lowest BCUT2D eigenvalue weighted by molar-refractivity contribution is -0.386. The summed E-state index contributed by atoms with van der Waals surface area (Å²) in [5.41, 5.74) is 2.88. The molecule has 0 fully saturated rings. The predicted octanol–water partition coefficient (Wildman–Crippen LogP) is 4.72. The summed E-state index contributed by atoms with van der Waals surface area (Å²) in [6, 6.07) is 29.2. The minimum absolute atomic E-state index is 0.118. The van der Waals surface area contributed by atoms with Gasteiger partial charge in [-0.2, -0.15) is 0 Å². The van der Waals surface area contributed by atoms with E-state index in [1.807, 2.05) is 60.7 Å². The minimum Gasteiger partial charge on any atom is -0.508 e. The van der Waals surface area contributed by atoms with E-state index in [1.54, 1.807) is 30.3 Å². The molecule has 0 aliphatic carbocycles. The van der Waals surface area contributed by atoms with Gasteiger partial charge in [0.25, 0.3) is 0 Å². The number of nitrogens with one attached hydrogen (secondary N) is 1. The van der Waals surface area contributed by atoms with Gasteiger partial charge in [-0.3, -0.25) is 10.1 Å². The van der Waals surface area contributed by atoms with Crippen molar-refractivity contribution in [1.29, 1.82) is 0 Å². The molecule has 8 heteroatoms. The smallest absolute Gasteiger partial charge is 0.311 e. The van der Waals surface area contributed by atoms with Gasteiger partial charge >= 0.3 is 5.69 Å². The summed E-state index contributed by atoms with van der Waals surface area (Å²) in [6.07, 6.45) is -0.226. The fourth-order valence-corrected chi connectivity index (χ4v) is 4.48. The van der Waals surface area contributed by atoms with E-state index in [0.29, 0.717) is 18.4 Å². The Balaban J connectivity index is 1.56. The molecule has 0 radical (unpaired) electrons. The van der Waals surface area contributed by atoms with Gasteiger partial charge < -0.3 is 25.4 Å². The summed E-state index contributed by atoms with van der Waals surface area (Å²) in [5, 5.41) is 46.4. The molecule has 0 aliphatic rings. The van der Waals surface area contributed by atoms with E-state index in [2.05, 4.69) is 5.32 Å². The lowest BCUT2D eigenvalue weighted by Crippen LogP contribution is -2.46. The van der Waals surface area contributed by atoms with Gasteiger partial charge in [0.05, 0.1) is 17.6 Å². The molecule has 0 heterocycles. The molecule has 0 amide bonds. The van der Waals surface area contributed by atoms with Crippen LogP contribution < -0.4 is 10.1 Å². The van der Waals surface area contributed by atoms with E-state index in [0.717, 1.165) is 16.7 Å². The highest BCUT2D eigenvalue weighted by atomic mass is 16.6. The van der Waals surface area contributed by atoms with Crippen LogP contribution in [0.15, 0.2) is 103 Å². The van der Waals surface area contributed by atoms with Crippen LogP contribution in [0, 0.1) is 10.1 Å². The zero-order valence-corrected chi connectivity index (χ0v) is 21.4. The number of ether oxygens (including phenoxy) is 1. The average Bonchev–Trinajstić information content (AvgIpc) is 2.97. The Kier molecular flexibility index (Phi) is 9.64. The number of nitrogens with zero attached hydrogens (tertiary/aromatic N) is 1. The molecule has 4 aromatic rings. The van der Waals surface area contributed by atoms with Crippen molar-refractivity contribution in [3.05, 3.63) is 135 Å². The Morgan fingerprint density at radius 2 is 1.44 bits per heavy atom. The maximum Gasteiger partial charge on any atom is 0.311 e. The van der Waals surface area contributed by atoms with Crippen LogP contribution in [0.1, 0.15) is 28.4 Å². The highest BCUT2D eigenvalue weighted by Crippen LogP contribution is 2.32. The largest absolute Gasteiger partial charge is 0.508 e. The molecule has 4 aromatic carbocycles. The number of nitro groups is 1. The molecule has 0 aromatic heterocycles. The van der Waals surface area contributed by atoms with Crippen LogP contribution in [0.5, 0.6) is 11.5 Å². The van der Waals surface area contributed by atoms with E-state index in [-0.39, 0.29) is 30.4 Å². The van der Waals surface area contributed by atoms with E-state index in [1.165, 1.54) is 12.1 Å². The van der Waals surface area contributed by atoms with Crippen LogP contribution in [0.25, 0.3) is 0 Å². The second-order valence-corrected chi connectivity index (χ2v) is 9.42. The molecule has 3 atom stereocenters. The lowest BCUT2D eigenvalue weighted by atomic mass is 9.94. The van der Waals surface area contributed by atoms with Crippen LogP contribution in [-0.4, -0.2) is 38.9 Å². The minimum atomic E-state index is -1.11. The van der Waals surface area contributed by atoms with Gasteiger partial charge in [-0.05, 0) is 53.3 Å². The molecule has 0 saturated carbocycles. The molecule has 202 valence electrons. The second-order valence-electron chi connectivity index (χ2n) is 9.42. The molecule has 4 N–H and O–H groups in total. The molecule has 39 heavy (non-hydrogen) atoms. The first-order chi connectivity index (χ1) is 18.9. The summed E-state index contributed by atoms with van der Waals surface area (Å²) in [5.74, 6) is 0.273. The van der Waals surface area contributed by atoms with Crippen LogP contribution in [-0.2, 0) is 19.4 Å². The topological polar surface area (TPSA) is 125 Å². The van der Waals surface area contributed by atoms with Crippen molar-refractivity contribution in [1.82, 2.24) is 5.32 Å². The number of aliphatic hydroxyl groups excluding tert-OH is 2. The van der Waals surface area contributed by atoms with Gasteiger partial charge in [0.1, 0.15) is 12.4 Å². The Morgan fingerprint density at radius 3 is 2.05 bits per heavy atom. The van der Waals surface area contributed by atoms with E-state index in [9.17, 15) is 25.4 Å². The summed E-state index contributed by atoms with van der Waals surface area (Å²) < 4.78 is 5.74. The average molecular weight is 529 g/mol. The van der Waals surface area contributed by atoms with Crippen LogP contribution in [0.4, 0.5) is 5.69 Å². The Bertz CT molecular complexity index is 1330. The van der Waals surface area contributed by atoms with Gasteiger partial charge in [-0.1, -0.05) is 78.9 Å². The lowest BCUT2D eigenvalue weighted by Gasteiger charge is -2.29. The van der Waals surface area contributed by atoms with E-state index < -0.39 is 23.1 Å². The Morgan fingerprint density at radius 1 is 0.821 bits per heavy atom. The van der Waals surface area contributed by atoms with E-state index >= 15 is 0 Å². The quantitative estimate of drug-likeness (QED) is 0.146. The SMILES string of the molecule is O=[N+]([O-])c1cc([C@@H](O)C(Cc2ccccc2)N[C@H](CO)Cc2ccc(O)cc2)ccc1OCc1ccccc1. The number of hydrogen-bond donors (Lipinski definition) is 4. The fourth-order valence-electron chi connectivity index (χ4n) is 4.48. The molecule has 0 spiro atoms. The van der Waals surface area contributed by atoms with E-state index in [4.69, 9.17) is 4.74 Å². The molecule has 0 bridgehead atoms. The van der Waals surface area contributed by atoms with Crippen molar-refractivity contribution in [3.8, 4) is 11.5 Å². The second kappa shape index (κ2) is 13.5. The number of benzene rings is 4. The molecule has 4 rings (SSSR count). The van der Waals surface area contributed by atoms with Crippen molar-refractivity contribution in [2.45, 2.75) is 37.6 Å². The number of aromatic hydroxyl groups is 1. The standard InChI is InChI=1S/C31H32N2O6/c34-20-26(17-23-11-14-27(35)15-12-23)32-28(18-22-7-3-1-4-8-22)31(36)25-13-16-30(29(19-25)33(37)38)39-21-24-9-5-2-6-10-24/h1-16,19,26,28,31-32,34-36H,17-18,20-21H2/t26-,28?,31+/m0/s1. The maximum atomic E-state index is 11.9. The third kappa shape index (κ3) is 7.87. The molecular weight excluding hydrogens is 496 g/mol. The fraction of sp³-hybridized carbons (Fsp3) is 0.226. The number of phenolic OH excluding ortho intramolecular Hbond substituents is 1. The Labute approximate surface area is 227 Å². The predicted molar refractivity (Wildman–Crippen MR) is 149 cm³/mol. The number of rotatable bonds is 13. The highest BCUT2D eigenvalue weighted by Gasteiger charge is 2.27. The van der Waals surface area contributed by atoms with Crippen molar-refractivity contribution >= 4 is 5.69 Å². The molecule has 0 aliphatic heterocycles. The van der Waals surface area contributed by atoms with Crippen LogP contribution in [0.2, 0.25) is 0 Å². The normalized spacial score (nSPS) is 13.4. The van der Waals surface area contributed by atoms with Gasteiger partial charge in [-0.25, -0.2) is 0 Å². The highest BCUT2D eigenvalue weighted by molar-refractivity contribution is 5.49. The number of phenols is 1. The first-order valence-electron chi connectivity index (χ1n) is 12.7. The Hall–Kier alpha value is -4.24. The summed E-state index contributed by atoms with van der Waals surface area (Å²) in [6.45, 7) is -0.0114. The number of hydrogen-bond acceptors (Lipinski definition) is 7. The monoisotopic (exact) mass is 528 g/mol. The molecular formula is C31H32N2O6. The third-order valence-corrected chi connectivity index (χ3v) is 6.53. The molecule has 1 unspecified atom stereocenters. The van der Waals surface area contributed by atoms with Crippen LogP contribution >= 0.6 is 0 Å². The number of nitro benzene ring substituents is 1. The third-order valence-electron chi connectivity index (χ3n) is 6.53. The van der Waals surface area contributed by atoms with Crippen molar-refractivity contribution in [2.24, 2.45) is 0 Å². The molecule has 8 nitrogen and oxygen atoms in total. The van der Waals surface area contributed by atoms with Gasteiger partial charge in [0.2, 0.25) is 0 Å². The summed E-state index contributed by atoms with van der Waals surface area (Å²) in [4.78, 5) is 11.4. The van der Waals surface area contributed by atoms with Crippen molar-refractivity contribution in [3.63, 3.8) is 0 Å². The zero-order chi connectivity index (χ0) is 27.6. The van der Waals surface area contributed by atoms with Crippen LogP contribution in [0.3, 0.4) is 0 Å². The zero-order valence-electron chi connectivity index (χ0n) is 21.4. The summed E-state index contributed by atoms with van der Waals surface area (Å²) in [7, 11) is 0. The van der Waals surface area contributed by atoms with Crippen molar-refractivity contribution < 1.29 is 25.0 Å². The maximum absolute atomic E-state index is 11.9. The molecule has 0 saturated heterocycles. The van der Waals surface area contributed by atoms with Gasteiger partial charge in [0.15, 0.2) is 5.75 Å². The first kappa shape index (κ1) is 27.8. The van der Waals surface area contributed by atoms with Gasteiger partial charge in [-0.15, -0.1) is 0 Å². The van der Waals surface area contributed by atoms with Gasteiger partial charge in [0, 0.05) is 18.2 Å².